The Bertz CT molecular complexity index is 305. The zero-order chi connectivity index (χ0) is 13.2. The quantitative estimate of drug-likeness (QED) is 0.779. The van der Waals surface area contributed by atoms with Crippen LogP contribution in [0.3, 0.4) is 0 Å². The second-order valence-electron chi connectivity index (χ2n) is 6.17. The lowest BCUT2D eigenvalue weighted by molar-refractivity contribution is -0.0892. The molecule has 1 spiro atoms. The molecule has 0 saturated carbocycles. The Hall–Kier alpha value is -0.810. The maximum atomic E-state index is 11.7. The van der Waals surface area contributed by atoms with Crippen LogP contribution in [0.25, 0.3) is 0 Å². The Morgan fingerprint density at radius 2 is 2.17 bits per heavy atom. The molecule has 2 fully saturated rings. The third-order valence-electron chi connectivity index (χ3n) is 3.28. The third-order valence-corrected chi connectivity index (χ3v) is 3.28. The molecule has 5 heteroatoms. The molecular formula is C13H23NO4. The smallest absolute Gasteiger partial charge is 0.407 e. The predicted molar refractivity (Wildman–Crippen MR) is 66.5 cm³/mol. The number of amides is 1. The van der Waals surface area contributed by atoms with Crippen LogP contribution in [0, 0.1) is 0 Å². The van der Waals surface area contributed by atoms with Crippen molar-refractivity contribution in [3.63, 3.8) is 0 Å². The van der Waals surface area contributed by atoms with Gasteiger partial charge in [0.25, 0.3) is 0 Å². The van der Waals surface area contributed by atoms with Crippen LogP contribution in [0.1, 0.15) is 40.0 Å². The maximum absolute atomic E-state index is 11.7. The summed E-state index contributed by atoms with van der Waals surface area (Å²) in [5.74, 6) is 0. The highest BCUT2D eigenvalue weighted by Crippen LogP contribution is 2.32. The van der Waals surface area contributed by atoms with Crippen molar-refractivity contribution < 1.29 is 19.0 Å². The van der Waals surface area contributed by atoms with Gasteiger partial charge < -0.3 is 19.5 Å². The Morgan fingerprint density at radius 1 is 1.39 bits per heavy atom. The maximum Gasteiger partial charge on any atom is 0.407 e. The van der Waals surface area contributed by atoms with Gasteiger partial charge in [0.05, 0.1) is 12.2 Å². The Balaban J connectivity index is 1.84. The summed E-state index contributed by atoms with van der Waals surface area (Å²) in [5.41, 5.74) is -0.638. The Labute approximate surface area is 108 Å². The minimum atomic E-state index is -0.455. The van der Waals surface area contributed by atoms with E-state index in [0.29, 0.717) is 13.2 Å². The molecule has 2 atom stereocenters. The highest BCUT2D eigenvalue weighted by molar-refractivity contribution is 5.68. The fraction of sp³-hybridized carbons (Fsp3) is 0.923. The molecule has 104 valence electrons. The molecule has 18 heavy (non-hydrogen) atoms. The second kappa shape index (κ2) is 5.05. The van der Waals surface area contributed by atoms with Gasteiger partial charge in [-0.3, -0.25) is 0 Å². The minimum absolute atomic E-state index is 0.121. The molecule has 0 aromatic heterocycles. The van der Waals surface area contributed by atoms with Crippen LogP contribution < -0.4 is 5.32 Å². The highest BCUT2D eigenvalue weighted by Gasteiger charge is 2.41. The molecule has 0 unspecified atom stereocenters. The van der Waals surface area contributed by atoms with E-state index in [4.69, 9.17) is 14.2 Å². The van der Waals surface area contributed by atoms with E-state index in [2.05, 4.69) is 5.32 Å². The first-order valence-electron chi connectivity index (χ1n) is 6.60. The van der Waals surface area contributed by atoms with Gasteiger partial charge in [-0.25, -0.2) is 4.79 Å². The lowest BCUT2D eigenvalue weighted by atomic mass is 9.90. The summed E-state index contributed by atoms with van der Waals surface area (Å²) in [7, 11) is 0. The second-order valence-corrected chi connectivity index (χ2v) is 6.17. The molecule has 0 aromatic carbocycles. The van der Waals surface area contributed by atoms with Gasteiger partial charge >= 0.3 is 6.09 Å². The van der Waals surface area contributed by atoms with E-state index < -0.39 is 5.60 Å². The number of ether oxygens (including phenoxy) is 3. The number of hydrogen-bond donors (Lipinski definition) is 1. The van der Waals surface area contributed by atoms with Crippen molar-refractivity contribution in [2.75, 3.05) is 19.8 Å². The molecule has 2 saturated heterocycles. The first-order chi connectivity index (χ1) is 8.39. The molecule has 2 aliphatic rings. The number of hydrogen-bond acceptors (Lipinski definition) is 4. The van der Waals surface area contributed by atoms with E-state index in [0.717, 1.165) is 25.9 Å². The molecule has 1 N–H and O–H groups in total. The average Bonchev–Trinajstić information content (AvgIpc) is 2.63. The first kappa shape index (κ1) is 13.6. The Kier molecular flexibility index (Phi) is 3.82. The van der Waals surface area contributed by atoms with Crippen LogP contribution in [0.4, 0.5) is 4.79 Å². The SMILES string of the molecule is CC(C)(C)OC(=O)N[C@H]1CCO[C@]2(CCOC2)C1. The van der Waals surface area contributed by atoms with Crippen LogP contribution >= 0.6 is 0 Å². The van der Waals surface area contributed by atoms with E-state index in [9.17, 15) is 4.79 Å². The fourth-order valence-corrected chi connectivity index (χ4v) is 2.49. The number of nitrogens with one attached hydrogen (secondary N) is 1. The van der Waals surface area contributed by atoms with Crippen LogP contribution in [0.2, 0.25) is 0 Å². The molecular weight excluding hydrogens is 234 g/mol. The van der Waals surface area contributed by atoms with Gasteiger partial charge in [0.15, 0.2) is 0 Å². The number of rotatable bonds is 1. The molecule has 0 radical (unpaired) electrons. The molecule has 5 nitrogen and oxygen atoms in total. The van der Waals surface area contributed by atoms with Gasteiger partial charge in [-0.05, 0) is 33.6 Å². The van der Waals surface area contributed by atoms with Gasteiger partial charge in [-0.2, -0.15) is 0 Å². The van der Waals surface area contributed by atoms with E-state index in [1.54, 1.807) is 0 Å². The van der Waals surface area contributed by atoms with Gasteiger partial charge in [0.1, 0.15) is 5.60 Å². The molecule has 1 amide bonds. The van der Waals surface area contributed by atoms with Crippen LogP contribution in [0.15, 0.2) is 0 Å². The summed E-state index contributed by atoms with van der Waals surface area (Å²) in [6.07, 6.45) is 2.22. The first-order valence-corrected chi connectivity index (χ1v) is 6.60. The molecule has 0 aliphatic carbocycles. The fourth-order valence-electron chi connectivity index (χ4n) is 2.49. The van der Waals surface area contributed by atoms with Crippen molar-refractivity contribution in [2.45, 2.75) is 57.3 Å². The topological polar surface area (TPSA) is 56.8 Å². The van der Waals surface area contributed by atoms with Crippen molar-refractivity contribution in [1.29, 1.82) is 0 Å². The number of carbonyl (C=O) groups is 1. The average molecular weight is 257 g/mol. The summed E-state index contributed by atoms with van der Waals surface area (Å²) in [4.78, 5) is 11.7. The van der Waals surface area contributed by atoms with Crippen molar-refractivity contribution in [3.05, 3.63) is 0 Å². The standard InChI is InChI=1S/C13H23NO4/c1-12(2,3)18-11(15)14-10-4-6-17-13(8-10)5-7-16-9-13/h10H,4-9H2,1-3H3,(H,14,15)/t10-,13+/m0/s1. The lowest BCUT2D eigenvalue weighted by Gasteiger charge is -2.37. The summed E-state index contributed by atoms with van der Waals surface area (Å²) >= 11 is 0. The third kappa shape index (κ3) is 3.59. The molecule has 0 bridgehead atoms. The molecule has 2 heterocycles. The number of carbonyl (C=O) groups excluding carboxylic acids is 1. The number of alkyl carbamates (subject to hydrolysis) is 1. The summed E-state index contributed by atoms with van der Waals surface area (Å²) in [6.45, 7) is 7.65. The normalized spacial score (nSPS) is 32.5. The lowest BCUT2D eigenvalue weighted by Crippen LogP contribution is -2.49. The van der Waals surface area contributed by atoms with Gasteiger partial charge in [-0.15, -0.1) is 0 Å². The monoisotopic (exact) mass is 257 g/mol. The Morgan fingerprint density at radius 3 is 2.78 bits per heavy atom. The summed E-state index contributed by atoms with van der Waals surface area (Å²) in [6, 6.07) is 0.121. The van der Waals surface area contributed by atoms with E-state index in [-0.39, 0.29) is 17.7 Å². The van der Waals surface area contributed by atoms with Crippen LogP contribution in [-0.2, 0) is 14.2 Å². The van der Waals surface area contributed by atoms with E-state index in [1.165, 1.54) is 0 Å². The van der Waals surface area contributed by atoms with Crippen LogP contribution in [-0.4, -0.2) is 43.2 Å². The van der Waals surface area contributed by atoms with Gasteiger partial charge in [0.2, 0.25) is 0 Å². The van der Waals surface area contributed by atoms with Crippen molar-refractivity contribution in [3.8, 4) is 0 Å². The largest absolute Gasteiger partial charge is 0.444 e. The van der Waals surface area contributed by atoms with Crippen molar-refractivity contribution in [1.82, 2.24) is 5.32 Å². The van der Waals surface area contributed by atoms with E-state index >= 15 is 0 Å². The van der Waals surface area contributed by atoms with Crippen molar-refractivity contribution >= 4 is 6.09 Å². The minimum Gasteiger partial charge on any atom is -0.444 e. The summed E-state index contributed by atoms with van der Waals surface area (Å²) < 4.78 is 16.5. The molecule has 2 aliphatic heterocycles. The van der Waals surface area contributed by atoms with E-state index in [1.807, 2.05) is 20.8 Å². The zero-order valence-corrected chi connectivity index (χ0v) is 11.5. The van der Waals surface area contributed by atoms with Gasteiger partial charge in [-0.1, -0.05) is 0 Å². The van der Waals surface area contributed by atoms with Crippen LogP contribution in [0.5, 0.6) is 0 Å². The molecule has 0 aromatic rings. The predicted octanol–water partition coefficient (Wildman–Crippen LogP) is 1.85. The molecule has 2 rings (SSSR count). The van der Waals surface area contributed by atoms with Crippen molar-refractivity contribution in [2.24, 2.45) is 0 Å². The summed E-state index contributed by atoms with van der Waals surface area (Å²) in [5, 5.41) is 2.93. The zero-order valence-electron chi connectivity index (χ0n) is 11.5. The van der Waals surface area contributed by atoms with Gasteiger partial charge in [0, 0.05) is 25.7 Å². The highest BCUT2D eigenvalue weighted by atomic mass is 16.6.